The topological polar surface area (TPSA) is 18.5 Å². The summed E-state index contributed by atoms with van der Waals surface area (Å²) < 4.78 is 148. The molecule has 0 bridgehead atoms. The Morgan fingerprint density at radius 2 is 1.21 bits per heavy atom. The van der Waals surface area contributed by atoms with E-state index in [1.807, 2.05) is 0 Å². The first-order valence-electron chi connectivity index (χ1n) is 14.9. The van der Waals surface area contributed by atoms with Crippen LogP contribution in [0.2, 0.25) is 0 Å². The van der Waals surface area contributed by atoms with Crippen molar-refractivity contribution in [3.63, 3.8) is 0 Å². The third kappa shape index (κ3) is 7.85. The predicted molar refractivity (Wildman–Crippen MR) is 154 cm³/mol. The Bertz CT molecular complexity index is 1720. The van der Waals surface area contributed by atoms with E-state index in [0.717, 1.165) is 49.8 Å². The highest BCUT2D eigenvalue weighted by Crippen LogP contribution is 2.41. The van der Waals surface area contributed by atoms with Crippen molar-refractivity contribution in [2.24, 2.45) is 5.92 Å². The summed E-state index contributed by atoms with van der Waals surface area (Å²) in [7, 11) is 0. The van der Waals surface area contributed by atoms with Gasteiger partial charge in [0.1, 0.15) is 34.6 Å². The highest BCUT2D eigenvalue weighted by Gasteiger charge is 2.42. The van der Waals surface area contributed by atoms with E-state index in [4.69, 9.17) is 0 Å². The van der Waals surface area contributed by atoms with Crippen molar-refractivity contribution >= 4 is 0 Å². The summed E-state index contributed by atoms with van der Waals surface area (Å²) in [6.07, 6.45) is -3.64. The van der Waals surface area contributed by atoms with Crippen LogP contribution in [0.3, 0.4) is 0 Å². The molecule has 1 saturated carbocycles. The largest absolute Gasteiger partial charge is 0.573 e. The number of benzene rings is 4. The maximum Gasteiger partial charge on any atom is 0.573 e. The molecule has 47 heavy (non-hydrogen) atoms. The molecule has 0 saturated heterocycles. The van der Waals surface area contributed by atoms with E-state index in [0.29, 0.717) is 30.2 Å². The van der Waals surface area contributed by atoms with E-state index in [9.17, 15) is 35.1 Å². The molecule has 0 aliphatic heterocycles. The predicted octanol–water partition coefficient (Wildman–Crippen LogP) is 11.8. The summed E-state index contributed by atoms with van der Waals surface area (Å²) in [5, 5.41) is 0. The maximum absolute atomic E-state index is 15.2. The Morgan fingerprint density at radius 3 is 1.79 bits per heavy atom. The lowest BCUT2D eigenvalue weighted by atomic mass is 9.77. The zero-order valence-electron chi connectivity index (χ0n) is 24.8. The van der Waals surface area contributed by atoms with Crippen molar-refractivity contribution in [1.29, 1.82) is 0 Å². The molecule has 0 atom stereocenters. The second-order valence-electron chi connectivity index (χ2n) is 11.5. The second-order valence-corrected chi connectivity index (χ2v) is 11.5. The van der Waals surface area contributed by atoms with Gasteiger partial charge in [0.15, 0.2) is 11.6 Å². The SMILES string of the molecule is CCCC1CCC(c2ccc(-c3ccc(-c4cc(F)c(C(F)(F)Oc5ccc(OC(F)(F)F)c(F)c5)c(F)c4)c(F)c3)c(F)c2)CC1. The van der Waals surface area contributed by atoms with E-state index >= 15 is 8.78 Å². The van der Waals surface area contributed by atoms with Gasteiger partial charge in [0.05, 0.1) is 0 Å². The Morgan fingerprint density at radius 1 is 0.617 bits per heavy atom. The standard InChI is InChI=1S/C35H28F10O2/c1-2-3-19-4-6-20(7-5-19)21-8-11-25(27(36)14-21)22-9-12-26(28(37)15-22)23-16-30(39)33(31(40)17-23)34(41,42)46-24-10-13-32(29(38)18-24)47-35(43,44)45/h8-20H,2-7H2,1H3. The Balaban J connectivity index is 1.34. The lowest BCUT2D eigenvalue weighted by Gasteiger charge is -2.28. The van der Waals surface area contributed by atoms with Gasteiger partial charge in [0.25, 0.3) is 0 Å². The Labute approximate surface area is 263 Å². The highest BCUT2D eigenvalue weighted by atomic mass is 19.4. The molecule has 250 valence electrons. The van der Waals surface area contributed by atoms with Crippen molar-refractivity contribution in [2.75, 3.05) is 0 Å². The van der Waals surface area contributed by atoms with Crippen molar-refractivity contribution in [2.45, 2.75) is 63.8 Å². The highest BCUT2D eigenvalue weighted by molar-refractivity contribution is 5.72. The fourth-order valence-corrected chi connectivity index (χ4v) is 6.09. The molecule has 0 amide bonds. The molecular formula is C35H28F10O2. The van der Waals surface area contributed by atoms with Crippen LogP contribution in [0.15, 0.2) is 66.7 Å². The molecule has 0 unspecified atom stereocenters. The van der Waals surface area contributed by atoms with Crippen molar-refractivity contribution in [3.05, 3.63) is 107 Å². The number of halogens is 10. The van der Waals surface area contributed by atoms with E-state index in [1.165, 1.54) is 18.6 Å². The van der Waals surface area contributed by atoms with Gasteiger partial charge in [-0.3, -0.25) is 0 Å². The van der Waals surface area contributed by atoms with Crippen LogP contribution in [-0.4, -0.2) is 6.36 Å². The van der Waals surface area contributed by atoms with Crippen LogP contribution in [0.4, 0.5) is 43.9 Å². The Hall–Kier alpha value is -4.22. The molecule has 2 nitrogen and oxygen atoms in total. The van der Waals surface area contributed by atoms with Crippen LogP contribution in [0.1, 0.15) is 62.5 Å². The number of hydrogen-bond acceptors (Lipinski definition) is 2. The van der Waals surface area contributed by atoms with Gasteiger partial charge in [-0.05, 0) is 90.6 Å². The smallest absolute Gasteiger partial charge is 0.429 e. The molecule has 12 heteroatoms. The summed E-state index contributed by atoms with van der Waals surface area (Å²) in [6.45, 7) is 2.15. The molecule has 1 aliphatic carbocycles. The monoisotopic (exact) mass is 670 g/mol. The van der Waals surface area contributed by atoms with Crippen LogP contribution in [0.25, 0.3) is 22.3 Å². The minimum Gasteiger partial charge on any atom is -0.429 e. The van der Waals surface area contributed by atoms with Gasteiger partial charge in [0.2, 0.25) is 0 Å². The summed E-state index contributed by atoms with van der Waals surface area (Å²) >= 11 is 0. The first-order chi connectivity index (χ1) is 22.1. The molecule has 1 aliphatic rings. The average molecular weight is 671 g/mol. The zero-order valence-corrected chi connectivity index (χ0v) is 24.8. The van der Waals surface area contributed by atoms with Gasteiger partial charge in [-0.15, -0.1) is 13.2 Å². The molecule has 1 fully saturated rings. The molecular weight excluding hydrogens is 642 g/mol. The fraction of sp³-hybridized carbons (Fsp3) is 0.314. The second kappa shape index (κ2) is 13.5. The van der Waals surface area contributed by atoms with Crippen LogP contribution >= 0.6 is 0 Å². The summed E-state index contributed by atoms with van der Waals surface area (Å²) in [6, 6.07) is 10.0. The maximum atomic E-state index is 15.2. The van der Waals surface area contributed by atoms with Crippen LogP contribution in [0.5, 0.6) is 11.5 Å². The average Bonchev–Trinajstić information content (AvgIpc) is 2.97. The molecule has 0 spiro atoms. The number of hydrogen-bond donors (Lipinski definition) is 0. The van der Waals surface area contributed by atoms with Gasteiger partial charge >= 0.3 is 12.5 Å². The van der Waals surface area contributed by atoms with E-state index in [2.05, 4.69) is 16.4 Å². The number of alkyl halides is 5. The fourth-order valence-electron chi connectivity index (χ4n) is 6.09. The molecule has 0 radical (unpaired) electrons. The number of ether oxygens (including phenoxy) is 2. The third-order valence-electron chi connectivity index (χ3n) is 8.31. The molecule has 4 aromatic carbocycles. The summed E-state index contributed by atoms with van der Waals surface area (Å²) in [4.78, 5) is 0. The minimum absolute atomic E-state index is 0.109. The minimum atomic E-state index is -5.27. The van der Waals surface area contributed by atoms with Gasteiger partial charge in [-0.2, -0.15) is 8.78 Å². The lowest BCUT2D eigenvalue weighted by molar-refractivity contribution is -0.275. The normalized spacial score (nSPS) is 17.1. The molecule has 0 aromatic heterocycles. The van der Waals surface area contributed by atoms with Crippen molar-refractivity contribution in [1.82, 2.24) is 0 Å². The zero-order chi connectivity index (χ0) is 34.1. The molecule has 4 aromatic rings. The van der Waals surface area contributed by atoms with E-state index in [-0.39, 0.29) is 28.7 Å². The van der Waals surface area contributed by atoms with Crippen LogP contribution < -0.4 is 9.47 Å². The number of rotatable bonds is 9. The quantitative estimate of drug-likeness (QED) is 0.165. The van der Waals surface area contributed by atoms with Crippen LogP contribution in [-0.2, 0) is 6.11 Å². The molecule has 0 heterocycles. The summed E-state index contributed by atoms with van der Waals surface area (Å²) in [5.74, 6) is -8.49. The van der Waals surface area contributed by atoms with Gasteiger partial charge in [0, 0.05) is 17.2 Å². The van der Waals surface area contributed by atoms with Gasteiger partial charge in [-0.1, -0.05) is 44.0 Å². The van der Waals surface area contributed by atoms with Crippen molar-refractivity contribution in [3.8, 4) is 33.8 Å². The third-order valence-corrected chi connectivity index (χ3v) is 8.31. The Kier molecular flexibility index (Phi) is 9.79. The van der Waals surface area contributed by atoms with Crippen LogP contribution in [0, 0.1) is 35.0 Å². The lowest BCUT2D eigenvalue weighted by Crippen LogP contribution is -2.25. The van der Waals surface area contributed by atoms with E-state index < -0.39 is 64.2 Å². The first-order valence-corrected chi connectivity index (χ1v) is 14.9. The first kappa shape index (κ1) is 34.1. The van der Waals surface area contributed by atoms with E-state index in [1.54, 1.807) is 12.1 Å². The molecule has 5 rings (SSSR count). The summed E-state index contributed by atoms with van der Waals surface area (Å²) in [5.41, 5.74) is -1.61. The molecule has 0 N–H and O–H groups in total. The van der Waals surface area contributed by atoms with Gasteiger partial charge < -0.3 is 9.47 Å². The van der Waals surface area contributed by atoms with Gasteiger partial charge in [-0.25, -0.2) is 22.0 Å². The van der Waals surface area contributed by atoms with Crippen molar-refractivity contribution < 1.29 is 53.4 Å².